The van der Waals surface area contributed by atoms with Crippen LogP contribution in [0, 0.1) is 0 Å². The number of nitrogens with zero attached hydrogens (tertiary/aromatic N) is 1. The number of hydrogen-bond donors (Lipinski definition) is 1. The third-order valence-electron chi connectivity index (χ3n) is 5.66. The zero-order chi connectivity index (χ0) is 16.2. The highest BCUT2D eigenvalue weighted by molar-refractivity contribution is 5.82. The summed E-state index contributed by atoms with van der Waals surface area (Å²) in [4.78, 5) is 14.7. The quantitative estimate of drug-likeness (QED) is 0.907. The second-order valence-corrected chi connectivity index (χ2v) is 8.53. The van der Waals surface area contributed by atoms with E-state index in [2.05, 4.69) is 43.1 Å². The van der Waals surface area contributed by atoms with E-state index in [0.717, 1.165) is 13.1 Å². The molecule has 1 aromatic rings. The van der Waals surface area contributed by atoms with E-state index in [1.54, 1.807) is 0 Å². The third kappa shape index (κ3) is 2.80. The largest absolute Gasteiger partial charge is 0.335 e. The van der Waals surface area contributed by atoms with E-state index < -0.39 is 0 Å². The molecule has 124 valence electrons. The van der Waals surface area contributed by atoms with Crippen LogP contribution in [0.5, 0.6) is 0 Å². The van der Waals surface area contributed by atoms with Gasteiger partial charge in [-0.3, -0.25) is 4.79 Å². The van der Waals surface area contributed by atoms with E-state index in [4.69, 9.17) is 0 Å². The summed E-state index contributed by atoms with van der Waals surface area (Å²) in [5, 5.41) is 3.67. The molecule has 0 unspecified atom stereocenters. The lowest BCUT2D eigenvalue weighted by Gasteiger charge is -2.33. The first kappa shape index (κ1) is 15.2. The zero-order valence-electron chi connectivity index (χ0n) is 14.6. The van der Waals surface area contributed by atoms with Gasteiger partial charge in [-0.15, -0.1) is 0 Å². The molecule has 23 heavy (non-hydrogen) atoms. The Morgan fingerprint density at radius 3 is 2.57 bits per heavy atom. The number of carbonyl (C=O) groups is 1. The number of fused-ring (bicyclic) bond motifs is 1. The van der Waals surface area contributed by atoms with Crippen LogP contribution in [0.2, 0.25) is 0 Å². The van der Waals surface area contributed by atoms with Gasteiger partial charge in [-0.1, -0.05) is 32.9 Å². The molecule has 0 radical (unpaired) electrons. The van der Waals surface area contributed by atoms with Crippen LogP contribution < -0.4 is 5.32 Å². The first-order valence-electron chi connectivity index (χ1n) is 9.12. The zero-order valence-corrected chi connectivity index (χ0v) is 14.6. The van der Waals surface area contributed by atoms with Gasteiger partial charge in [0.05, 0.1) is 6.42 Å². The van der Waals surface area contributed by atoms with Crippen LogP contribution in [0.3, 0.4) is 0 Å². The van der Waals surface area contributed by atoms with Gasteiger partial charge in [-0.2, -0.15) is 0 Å². The van der Waals surface area contributed by atoms with Gasteiger partial charge in [0.15, 0.2) is 0 Å². The van der Waals surface area contributed by atoms with Crippen molar-refractivity contribution in [3.05, 3.63) is 34.4 Å². The van der Waals surface area contributed by atoms with Crippen LogP contribution in [0.15, 0.2) is 12.1 Å². The summed E-state index contributed by atoms with van der Waals surface area (Å²) in [6.45, 7) is 8.74. The van der Waals surface area contributed by atoms with Crippen molar-refractivity contribution in [1.29, 1.82) is 0 Å². The molecule has 1 amide bonds. The molecule has 2 fully saturated rings. The Kier molecular flexibility index (Phi) is 3.53. The van der Waals surface area contributed by atoms with Crippen molar-refractivity contribution in [2.45, 2.75) is 76.9 Å². The molecule has 1 aliphatic carbocycles. The summed E-state index contributed by atoms with van der Waals surface area (Å²) >= 11 is 0. The first-order valence-corrected chi connectivity index (χ1v) is 9.12. The lowest BCUT2D eigenvalue weighted by Crippen LogP contribution is -2.39. The molecule has 1 atom stereocenters. The predicted molar refractivity (Wildman–Crippen MR) is 92.4 cm³/mol. The topological polar surface area (TPSA) is 32.3 Å². The van der Waals surface area contributed by atoms with Crippen LogP contribution in [-0.4, -0.2) is 23.4 Å². The highest BCUT2D eigenvalue weighted by Crippen LogP contribution is 2.38. The normalized spacial score (nSPS) is 24.9. The number of benzene rings is 1. The smallest absolute Gasteiger partial charge is 0.227 e. The molecular weight excluding hydrogens is 284 g/mol. The SMILES string of the molecule is CC(C)(C)c1cc2c(c([C@@H]3CCCN3)c1)CN(C1CC1)C(=O)C2. The summed E-state index contributed by atoms with van der Waals surface area (Å²) in [5.74, 6) is 0.330. The Morgan fingerprint density at radius 1 is 1.17 bits per heavy atom. The second kappa shape index (κ2) is 5.34. The molecule has 2 aliphatic heterocycles. The fourth-order valence-electron chi connectivity index (χ4n) is 4.04. The molecular formula is C20H28N2O. The maximum absolute atomic E-state index is 12.5. The van der Waals surface area contributed by atoms with Crippen molar-refractivity contribution in [3.8, 4) is 0 Å². The molecule has 3 aliphatic rings. The Hall–Kier alpha value is -1.35. The Labute approximate surface area is 139 Å². The van der Waals surface area contributed by atoms with E-state index >= 15 is 0 Å². The molecule has 1 N–H and O–H groups in total. The molecule has 1 saturated carbocycles. The van der Waals surface area contributed by atoms with Crippen LogP contribution in [0.1, 0.15) is 74.8 Å². The molecule has 1 saturated heterocycles. The van der Waals surface area contributed by atoms with E-state index in [1.807, 2.05) is 0 Å². The molecule has 0 bridgehead atoms. The van der Waals surface area contributed by atoms with Crippen LogP contribution in [-0.2, 0) is 23.2 Å². The maximum Gasteiger partial charge on any atom is 0.227 e. The Bertz CT molecular complexity index is 634. The van der Waals surface area contributed by atoms with Gasteiger partial charge < -0.3 is 10.2 Å². The number of carbonyl (C=O) groups excluding carboxylic acids is 1. The Morgan fingerprint density at radius 2 is 1.96 bits per heavy atom. The summed E-state index contributed by atoms with van der Waals surface area (Å²) < 4.78 is 0. The van der Waals surface area contributed by atoms with E-state index in [-0.39, 0.29) is 5.41 Å². The maximum atomic E-state index is 12.5. The van der Waals surface area contributed by atoms with Crippen molar-refractivity contribution in [3.63, 3.8) is 0 Å². The van der Waals surface area contributed by atoms with Crippen LogP contribution in [0.4, 0.5) is 0 Å². The molecule has 2 heterocycles. The summed E-state index contributed by atoms with van der Waals surface area (Å²) in [7, 11) is 0. The van der Waals surface area contributed by atoms with Gasteiger partial charge in [0.1, 0.15) is 0 Å². The van der Waals surface area contributed by atoms with Crippen molar-refractivity contribution >= 4 is 5.91 Å². The monoisotopic (exact) mass is 312 g/mol. The third-order valence-corrected chi connectivity index (χ3v) is 5.66. The number of nitrogens with one attached hydrogen (secondary N) is 1. The molecule has 3 heteroatoms. The molecule has 1 aromatic carbocycles. The number of hydrogen-bond acceptors (Lipinski definition) is 2. The van der Waals surface area contributed by atoms with Gasteiger partial charge >= 0.3 is 0 Å². The lowest BCUT2D eigenvalue weighted by atomic mass is 9.80. The number of rotatable bonds is 2. The van der Waals surface area contributed by atoms with Crippen LogP contribution in [0.25, 0.3) is 0 Å². The predicted octanol–water partition coefficient (Wildman–Crippen LogP) is 3.46. The number of amides is 1. The van der Waals surface area contributed by atoms with Crippen molar-refractivity contribution in [2.75, 3.05) is 6.54 Å². The van der Waals surface area contributed by atoms with E-state index in [0.29, 0.717) is 24.4 Å². The van der Waals surface area contributed by atoms with Crippen LogP contribution >= 0.6 is 0 Å². The van der Waals surface area contributed by atoms with Crippen molar-refractivity contribution in [1.82, 2.24) is 10.2 Å². The second-order valence-electron chi connectivity index (χ2n) is 8.53. The minimum absolute atomic E-state index is 0.124. The minimum Gasteiger partial charge on any atom is -0.335 e. The van der Waals surface area contributed by atoms with Crippen molar-refractivity contribution < 1.29 is 4.79 Å². The highest BCUT2D eigenvalue weighted by Gasteiger charge is 2.37. The Balaban J connectivity index is 1.79. The average Bonchev–Trinajstić information content (AvgIpc) is 3.18. The fourth-order valence-corrected chi connectivity index (χ4v) is 4.04. The van der Waals surface area contributed by atoms with Crippen molar-refractivity contribution in [2.24, 2.45) is 0 Å². The first-order chi connectivity index (χ1) is 10.9. The standard InChI is InChI=1S/C20H28N2O/c1-20(2,3)14-9-13-10-19(23)22(15-6-7-15)12-17(13)16(11-14)18-5-4-8-21-18/h9,11,15,18,21H,4-8,10,12H2,1-3H3/t18-/m0/s1. The summed E-state index contributed by atoms with van der Waals surface area (Å²) in [6, 6.07) is 5.71. The van der Waals surface area contributed by atoms with Gasteiger partial charge in [-0.05, 0) is 59.9 Å². The molecule has 4 rings (SSSR count). The van der Waals surface area contributed by atoms with Gasteiger partial charge in [0.2, 0.25) is 5.91 Å². The fraction of sp³-hybridized carbons (Fsp3) is 0.650. The lowest BCUT2D eigenvalue weighted by molar-refractivity contribution is -0.132. The van der Waals surface area contributed by atoms with Gasteiger partial charge in [0, 0.05) is 18.6 Å². The molecule has 0 aromatic heterocycles. The van der Waals surface area contributed by atoms with E-state index in [1.165, 1.54) is 47.9 Å². The average molecular weight is 312 g/mol. The molecule has 3 nitrogen and oxygen atoms in total. The minimum atomic E-state index is 0.124. The summed E-state index contributed by atoms with van der Waals surface area (Å²) in [5.41, 5.74) is 5.67. The van der Waals surface area contributed by atoms with E-state index in [9.17, 15) is 4.79 Å². The molecule has 0 spiro atoms. The highest BCUT2D eigenvalue weighted by atomic mass is 16.2. The summed E-state index contributed by atoms with van der Waals surface area (Å²) in [6.07, 6.45) is 5.45. The van der Waals surface area contributed by atoms with Gasteiger partial charge in [-0.25, -0.2) is 0 Å². The van der Waals surface area contributed by atoms with Gasteiger partial charge in [0.25, 0.3) is 0 Å².